The van der Waals surface area contributed by atoms with Crippen molar-refractivity contribution < 1.29 is 76.1 Å². The fourth-order valence-corrected chi connectivity index (χ4v) is 12.9. The topological polar surface area (TPSA) is 197 Å². The zero-order valence-corrected chi connectivity index (χ0v) is 49.6. The van der Waals surface area contributed by atoms with Gasteiger partial charge in [-0.3, -0.25) is 0 Å². The van der Waals surface area contributed by atoms with E-state index in [2.05, 4.69) is 38.3 Å². The second-order valence-corrected chi connectivity index (χ2v) is 23.6. The van der Waals surface area contributed by atoms with Gasteiger partial charge in [0, 0.05) is 36.3 Å². The quantitative estimate of drug-likeness (QED) is 0.0558. The number of likely N-dealkylation sites (N-methyl/N-ethyl adjacent to an activating group) is 1. The van der Waals surface area contributed by atoms with Crippen LogP contribution in [0.1, 0.15) is 103 Å². The fourth-order valence-electron chi connectivity index (χ4n) is 12.9. The van der Waals surface area contributed by atoms with Crippen molar-refractivity contribution in [2.45, 2.75) is 181 Å². The zero-order valence-electron chi connectivity index (χ0n) is 49.6. The molecule has 3 amide bonds. The van der Waals surface area contributed by atoms with Crippen LogP contribution in [0.2, 0.25) is 0 Å². The minimum atomic E-state index is -1.40. The van der Waals surface area contributed by atoms with Crippen LogP contribution in [0, 0.1) is 35.5 Å². The highest BCUT2D eigenvalue weighted by molar-refractivity contribution is 5.68. The lowest BCUT2D eigenvalue weighted by Gasteiger charge is -2.52. The number of fused-ring (bicyclic) bond motifs is 1. The number of hydrogen-bond donors (Lipinski definition) is 3. The van der Waals surface area contributed by atoms with Gasteiger partial charge in [0.15, 0.2) is 25.2 Å². The molecule has 1 saturated carbocycles. The van der Waals surface area contributed by atoms with E-state index in [1.165, 1.54) is 0 Å². The van der Waals surface area contributed by atoms with Gasteiger partial charge in [0.05, 0.1) is 50.7 Å². The number of amides is 3. The lowest BCUT2D eigenvalue weighted by atomic mass is 9.76. The van der Waals surface area contributed by atoms with E-state index >= 15 is 0 Å². The number of carbonyl (C=O) groups excluding carboxylic acids is 3. The summed E-state index contributed by atoms with van der Waals surface area (Å²) in [6.45, 7) is 17.3. The molecule has 18 nitrogen and oxygen atoms in total. The van der Waals surface area contributed by atoms with Crippen LogP contribution < -0.4 is 10.6 Å². The third-order valence-electron chi connectivity index (χ3n) is 18.4. The number of nitrogens with one attached hydrogen (secondary N) is 2. The van der Waals surface area contributed by atoms with Crippen LogP contribution in [-0.2, 0) is 71.9 Å². The minimum absolute atomic E-state index is 0.00814. The number of aliphatic hydroxyl groups excluding tert-OH is 1. The number of nitrogens with zero attached hydrogens (tertiary/aromatic N) is 1. The predicted molar refractivity (Wildman–Crippen MR) is 306 cm³/mol. The Balaban J connectivity index is 0.993. The fraction of sp³-hybridized carbons (Fsp3) is 0.585. The summed E-state index contributed by atoms with van der Waals surface area (Å²) < 4.78 is 72.1. The Labute approximate surface area is 489 Å². The van der Waals surface area contributed by atoms with E-state index in [1.54, 1.807) is 7.05 Å². The highest BCUT2D eigenvalue weighted by atomic mass is 16.8. The van der Waals surface area contributed by atoms with Crippen molar-refractivity contribution in [3.8, 4) is 0 Å². The van der Waals surface area contributed by atoms with Crippen molar-refractivity contribution in [1.29, 1.82) is 0 Å². The molecule has 4 aromatic rings. The van der Waals surface area contributed by atoms with Gasteiger partial charge < -0.3 is 67.8 Å². The second-order valence-electron chi connectivity index (χ2n) is 23.6. The Hall–Kier alpha value is -5.51. The lowest BCUT2D eigenvalue weighted by Crippen LogP contribution is -2.72. The molecular formula is C65H88N3O15+. The highest BCUT2D eigenvalue weighted by Gasteiger charge is 2.60. The summed E-state index contributed by atoms with van der Waals surface area (Å²) in [4.78, 5) is 41.9. The lowest BCUT2D eigenvalue weighted by molar-refractivity contribution is -0.868. The summed E-state index contributed by atoms with van der Waals surface area (Å²) in [6, 6.07) is 36.3. The molecule has 4 aromatic carbocycles. The number of alkyl carbamates (subject to hydrolysis) is 2. The zero-order chi connectivity index (χ0) is 58.8. The Morgan fingerprint density at radius 1 is 0.578 bits per heavy atom. The minimum Gasteiger partial charge on any atom is -0.445 e. The van der Waals surface area contributed by atoms with E-state index in [9.17, 15) is 19.5 Å². The van der Waals surface area contributed by atoms with Gasteiger partial charge >= 0.3 is 18.3 Å². The average Bonchev–Trinajstić information content (AvgIpc) is 3.10. The number of benzene rings is 4. The van der Waals surface area contributed by atoms with Crippen LogP contribution in [0.5, 0.6) is 0 Å². The van der Waals surface area contributed by atoms with Crippen molar-refractivity contribution in [2.75, 3.05) is 26.7 Å². The maximum absolute atomic E-state index is 14.6. The van der Waals surface area contributed by atoms with Crippen LogP contribution in [0.15, 0.2) is 121 Å². The van der Waals surface area contributed by atoms with Crippen molar-refractivity contribution in [3.05, 3.63) is 144 Å². The first-order chi connectivity index (χ1) is 40.1. The van der Waals surface area contributed by atoms with Gasteiger partial charge in [-0.1, -0.05) is 176 Å². The Morgan fingerprint density at radius 2 is 1.11 bits per heavy atom. The summed E-state index contributed by atoms with van der Waals surface area (Å²) in [5.74, 6) is -0.550. The second kappa shape index (κ2) is 28.6. The van der Waals surface area contributed by atoms with Crippen LogP contribution >= 0.6 is 0 Å². The van der Waals surface area contributed by atoms with Crippen molar-refractivity contribution >= 4 is 18.3 Å². The van der Waals surface area contributed by atoms with Gasteiger partial charge in [-0.05, 0) is 47.8 Å². The van der Waals surface area contributed by atoms with E-state index in [0.29, 0.717) is 6.42 Å². The van der Waals surface area contributed by atoms with Crippen molar-refractivity contribution in [2.24, 2.45) is 35.5 Å². The molecule has 0 radical (unpaired) electrons. The molecule has 1 aliphatic carbocycles. The monoisotopic (exact) mass is 1150 g/mol. The standard InChI is InChI=1S/C65H87N3O15/c1-10-48-41(6)52(34-66-63(70)74-35-44-25-17-13-18-26-44)78-60(42(48)7)80-56-43(8)61(77-51(56)11-2)83-58-54(69)50(68(9,12-3)65(72)76-37-46-29-21-15-22-30-46)33-49(67-64(71)75-36-45-27-19-14-20-28-45)57(58)82-59-40(5)39(4)55-53(79-59)38-73-62(81-55)47-31-23-16-24-32-47/h13-32,39-43,48-62,69H,10-12,33-38H2,1-9H3,(H-,66,67,70,71)/p+1. The van der Waals surface area contributed by atoms with Gasteiger partial charge in [-0.15, -0.1) is 0 Å². The van der Waals surface area contributed by atoms with Gasteiger partial charge in [-0.25, -0.2) is 14.1 Å². The van der Waals surface area contributed by atoms with E-state index in [1.807, 2.05) is 149 Å². The molecule has 4 saturated heterocycles. The molecule has 5 fully saturated rings. The van der Waals surface area contributed by atoms with Crippen LogP contribution in [-0.4, -0.2) is 134 Å². The van der Waals surface area contributed by atoms with E-state index in [-0.39, 0.29) is 92.2 Å². The molecule has 4 aliphatic heterocycles. The number of carbonyl (C=O) groups is 3. The van der Waals surface area contributed by atoms with Crippen molar-refractivity contribution in [3.63, 3.8) is 0 Å². The summed E-state index contributed by atoms with van der Waals surface area (Å²) >= 11 is 0. The van der Waals surface area contributed by atoms with Gasteiger partial charge in [-0.2, -0.15) is 4.79 Å². The maximum Gasteiger partial charge on any atom is 0.516 e. The molecule has 0 aromatic heterocycles. The third-order valence-corrected chi connectivity index (χ3v) is 18.4. The molecule has 3 N–H and O–H groups in total. The van der Waals surface area contributed by atoms with E-state index in [0.717, 1.165) is 28.7 Å². The third kappa shape index (κ3) is 14.6. The molecule has 4 heterocycles. The van der Waals surface area contributed by atoms with Gasteiger partial charge in [0.1, 0.15) is 50.3 Å². The number of rotatable bonds is 20. The van der Waals surface area contributed by atoms with E-state index in [4.69, 9.17) is 52.1 Å². The van der Waals surface area contributed by atoms with Crippen LogP contribution in [0.4, 0.5) is 14.4 Å². The number of aliphatic hydroxyl groups is 1. The van der Waals surface area contributed by atoms with Crippen molar-refractivity contribution in [1.82, 2.24) is 10.6 Å². The van der Waals surface area contributed by atoms with E-state index < -0.39 is 98.1 Å². The molecule has 83 heavy (non-hydrogen) atoms. The van der Waals surface area contributed by atoms with Gasteiger partial charge in [0.25, 0.3) is 0 Å². The Morgan fingerprint density at radius 3 is 1.70 bits per heavy atom. The first-order valence-corrected chi connectivity index (χ1v) is 30.0. The number of quaternary nitrogens is 1. The number of hydrogen-bond acceptors (Lipinski definition) is 15. The molecule has 0 bridgehead atoms. The first-order valence-electron chi connectivity index (χ1n) is 30.0. The highest BCUT2D eigenvalue weighted by Crippen LogP contribution is 2.45. The summed E-state index contributed by atoms with van der Waals surface area (Å²) in [5.41, 5.74) is 3.39. The van der Waals surface area contributed by atoms with Crippen LogP contribution in [0.25, 0.3) is 0 Å². The normalized spacial score (nSPS) is 35.0. The molecule has 5 aliphatic rings. The molecule has 21 unspecified atom stereocenters. The largest absolute Gasteiger partial charge is 0.516 e. The molecule has 452 valence electrons. The van der Waals surface area contributed by atoms with Gasteiger partial charge in [0.2, 0.25) is 0 Å². The SMILES string of the molecule is CCC1OC(OC2C(O)C([N+](C)(CC)C(=O)OCc3ccccc3)CC(NC(=O)OCc3ccccc3)C2OC2OC3COC(c4ccccc4)OC3C(C)C2C)C(C)C1OC1OC(CNC(=O)OCc2ccccc2)C(C)C(CC)C1C. The molecular weight excluding hydrogens is 1060 g/mol. The number of ether oxygens (including phenoxy) is 11. The smallest absolute Gasteiger partial charge is 0.445 e. The molecule has 21 atom stereocenters. The summed E-state index contributed by atoms with van der Waals surface area (Å²) in [6.07, 6.45) is -9.48. The average molecular weight is 1150 g/mol. The maximum atomic E-state index is 14.6. The Kier molecular flexibility index (Phi) is 21.4. The van der Waals surface area contributed by atoms with Crippen LogP contribution in [0.3, 0.4) is 0 Å². The first kappa shape index (κ1) is 62.0. The Bertz CT molecular complexity index is 2660. The summed E-state index contributed by atoms with van der Waals surface area (Å²) in [5, 5.41) is 19.3. The molecule has 0 spiro atoms. The molecule has 9 rings (SSSR count). The summed E-state index contributed by atoms with van der Waals surface area (Å²) in [7, 11) is 1.74. The predicted octanol–water partition coefficient (Wildman–Crippen LogP) is 10.2. The molecule has 18 heteroatoms.